The molecule has 0 saturated heterocycles. The number of esters is 1. The van der Waals surface area contributed by atoms with Crippen LogP contribution in [0.4, 0.5) is 21.5 Å². The van der Waals surface area contributed by atoms with E-state index in [1.54, 1.807) is 48.7 Å². The van der Waals surface area contributed by atoms with Crippen molar-refractivity contribution in [2.75, 3.05) is 23.5 Å². The Bertz CT molecular complexity index is 1550. The van der Waals surface area contributed by atoms with Gasteiger partial charge in [0.05, 0.1) is 18.2 Å². The molecule has 1 heterocycles. The molecule has 1 fully saturated rings. The first kappa shape index (κ1) is 24.7. The van der Waals surface area contributed by atoms with Crippen LogP contribution in [-0.4, -0.2) is 29.9 Å². The minimum Gasteiger partial charge on any atom is -0.465 e. The van der Waals surface area contributed by atoms with Crippen molar-refractivity contribution in [1.29, 1.82) is 0 Å². The second-order valence-electron chi connectivity index (χ2n) is 8.88. The predicted octanol–water partition coefficient (Wildman–Crippen LogP) is 4.89. The number of hydrogen-bond donors (Lipinski definition) is 3. The van der Waals surface area contributed by atoms with E-state index in [-0.39, 0.29) is 11.3 Å². The Morgan fingerprint density at radius 3 is 2.11 bits per heavy atom. The Morgan fingerprint density at radius 1 is 0.921 bits per heavy atom. The van der Waals surface area contributed by atoms with Crippen molar-refractivity contribution >= 4 is 45.7 Å². The van der Waals surface area contributed by atoms with Crippen molar-refractivity contribution in [1.82, 2.24) is 4.98 Å². The molecule has 0 unspecified atom stereocenters. The van der Waals surface area contributed by atoms with Crippen LogP contribution >= 0.6 is 0 Å². The number of methoxy groups -OCH3 is 1. The van der Waals surface area contributed by atoms with Crippen LogP contribution in [0.1, 0.15) is 23.2 Å². The van der Waals surface area contributed by atoms with Gasteiger partial charge in [-0.1, -0.05) is 0 Å². The topological polar surface area (TPSA) is 133 Å². The highest BCUT2D eigenvalue weighted by Gasteiger charge is 2.56. The summed E-state index contributed by atoms with van der Waals surface area (Å²) in [5.41, 5.74) is 6.70. The lowest BCUT2D eigenvalue weighted by atomic mass is 10.0. The van der Waals surface area contributed by atoms with Gasteiger partial charge in [-0.25, -0.2) is 9.18 Å². The largest absolute Gasteiger partial charge is 0.465 e. The summed E-state index contributed by atoms with van der Waals surface area (Å²) >= 11 is 0. The first-order chi connectivity index (χ1) is 18.3. The fraction of sp³-hybridized carbons (Fsp3) is 0.143. The number of carbonyl (C=O) groups excluding carboxylic acids is 3. The van der Waals surface area contributed by atoms with E-state index in [4.69, 9.17) is 15.2 Å². The van der Waals surface area contributed by atoms with Gasteiger partial charge in [-0.3, -0.25) is 14.6 Å². The van der Waals surface area contributed by atoms with Gasteiger partial charge in [-0.05, 0) is 79.6 Å². The van der Waals surface area contributed by atoms with Gasteiger partial charge >= 0.3 is 5.97 Å². The maximum Gasteiger partial charge on any atom is 0.339 e. The quantitative estimate of drug-likeness (QED) is 0.182. The minimum atomic E-state index is -1.17. The van der Waals surface area contributed by atoms with E-state index in [0.717, 1.165) is 0 Å². The maximum absolute atomic E-state index is 13.1. The number of halogens is 1. The summed E-state index contributed by atoms with van der Waals surface area (Å²) in [6.07, 6.45) is 2.40. The number of nitrogens with one attached hydrogen (secondary N) is 2. The van der Waals surface area contributed by atoms with Crippen LogP contribution in [0.15, 0.2) is 72.9 Å². The number of nitrogens with zero attached hydrogens (tertiary/aromatic N) is 1. The van der Waals surface area contributed by atoms with Crippen molar-refractivity contribution in [3.63, 3.8) is 0 Å². The molecule has 4 aromatic rings. The molecule has 3 aromatic carbocycles. The SMILES string of the molecule is COC(=O)c1cc2c(Oc3ccc(NC(=O)C4(C(=O)Nc5ccc(F)cc5)CC4)cc3)ccnc2cc1N. The molecule has 0 radical (unpaired) electrons. The summed E-state index contributed by atoms with van der Waals surface area (Å²) in [5.74, 6) is -0.911. The number of anilines is 3. The molecule has 192 valence electrons. The molecule has 38 heavy (non-hydrogen) atoms. The van der Waals surface area contributed by atoms with Gasteiger partial charge < -0.3 is 25.8 Å². The second kappa shape index (κ2) is 9.81. The van der Waals surface area contributed by atoms with Gasteiger partial charge in [0.1, 0.15) is 22.7 Å². The number of carbonyl (C=O) groups is 3. The third-order valence-electron chi connectivity index (χ3n) is 6.34. The van der Waals surface area contributed by atoms with Gasteiger partial charge in [0.25, 0.3) is 0 Å². The number of aromatic nitrogens is 1. The maximum atomic E-state index is 13.1. The van der Waals surface area contributed by atoms with Gasteiger partial charge in [0, 0.05) is 28.6 Å². The molecule has 2 amide bonds. The van der Waals surface area contributed by atoms with Crippen molar-refractivity contribution in [2.45, 2.75) is 12.8 Å². The van der Waals surface area contributed by atoms with E-state index in [2.05, 4.69) is 15.6 Å². The predicted molar refractivity (Wildman–Crippen MR) is 139 cm³/mol. The average molecular weight is 515 g/mol. The van der Waals surface area contributed by atoms with Crippen molar-refractivity contribution in [2.24, 2.45) is 5.41 Å². The standard InChI is InChI=1S/C28H23FN4O5/c1-37-25(34)20-14-21-23(15-22(20)30)31-13-10-24(21)38-19-8-6-18(7-9-19)33-27(36)28(11-12-28)26(35)32-17-4-2-16(29)3-5-17/h2-10,13-15H,11-12,30H2,1H3,(H,32,35)(H,33,36). The average Bonchev–Trinajstić information content (AvgIpc) is 3.73. The summed E-state index contributed by atoms with van der Waals surface area (Å²) in [4.78, 5) is 42.0. The highest BCUT2D eigenvalue weighted by Crippen LogP contribution is 2.47. The van der Waals surface area contributed by atoms with Gasteiger partial charge in [-0.15, -0.1) is 0 Å². The number of rotatable bonds is 7. The number of ether oxygens (including phenoxy) is 2. The van der Waals surface area contributed by atoms with Crippen LogP contribution in [0.2, 0.25) is 0 Å². The van der Waals surface area contributed by atoms with Crippen LogP contribution in [-0.2, 0) is 14.3 Å². The molecule has 1 aliphatic carbocycles. The zero-order valence-electron chi connectivity index (χ0n) is 20.3. The summed E-state index contributed by atoms with van der Waals surface area (Å²) in [7, 11) is 1.27. The van der Waals surface area contributed by atoms with Gasteiger partial charge in [0.2, 0.25) is 11.8 Å². The molecular formula is C28H23FN4O5. The zero-order chi connectivity index (χ0) is 26.9. The van der Waals surface area contributed by atoms with Crippen molar-refractivity contribution in [3.8, 4) is 11.5 Å². The molecule has 0 aliphatic heterocycles. The number of benzene rings is 3. The Hall–Kier alpha value is -4.99. The fourth-order valence-electron chi connectivity index (χ4n) is 4.01. The molecule has 9 nitrogen and oxygen atoms in total. The normalized spacial score (nSPS) is 13.4. The highest BCUT2D eigenvalue weighted by atomic mass is 19.1. The Labute approximate surface area is 216 Å². The lowest BCUT2D eigenvalue weighted by Crippen LogP contribution is -2.35. The lowest BCUT2D eigenvalue weighted by Gasteiger charge is -2.16. The number of fused-ring (bicyclic) bond motifs is 1. The number of hydrogen-bond acceptors (Lipinski definition) is 7. The monoisotopic (exact) mass is 514 g/mol. The number of pyridine rings is 1. The van der Waals surface area contributed by atoms with E-state index in [9.17, 15) is 18.8 Å². The Balaban J connectivity index is 1.28. The number of nitrogen functional groups attached to an aromatic ring is 1. The third-order valence-corrected chi connectivity index (χ3v) is 6.34. The summed E-state index contributed by atoms with van der Waals surface area (Å²) in [6.45, 7) is 0. The van der Waals surface area contributed by atoms with E-state index < -0.39 is 29.0 Å². The Kier molecular flexibility index (Phi) is 6.38. The molecule has 0 spiro atoms. The molecule has 1 saturated carbocycles. The van der Waals surface area contributed by atoms with E-state index in [1.807, 2.05) is 0 Å². The molecule has 4 N–H and O–H groups in total. The zero-order valence-corrected chi connectivity index (χ0v) is 20.3. The van der Waals surface area contributed by atoms with Crippen molar-refractivity contribution < 1.29 is 28.2 Å². The van der Waals surface area contributed by atoms with Crippen LogP contribution < -0.4 is 21.1 Å². The van der Waals surface area contributed by atoms with E-state index in [0.29, 0.717) is 46.6 Å². The van der Waals surface area contributed by atoms with Crippen molar-refractivity contribution in [3.05, 3.63) is 84.3 Å². The third kappa shape index (κ3) is 4.83. The molecular weight excluding hydrogens is 491 g/mol. The Morgan fingerprint density at radius 2 is 1.53 bits per heavy atom. The number of amides is 2. The van der Waals surface area contributed by atoms with Gasteiger partial charge in [0.15, 0.2) is 0 Å². The second-order valence-corrected chi connectivity index (χ2v) is 8.88. The molecule has 10 heteroatoms. The first-order valence-electron chi connectivity index (χ1n) is 11.7. The van der Waals surface area contributed by atoms with Crippen LogP contribution in [0, 0.1) is 11.2 Å². The number of nitrogens with two attached hydrogens (primary N) is 1. The summed E-state index contributed by atoms with van der Waals surface area (Å²) in [5, 5.41) is 6.03. The van der Waals surface area contributed by atoms with Crippen LogP contribution in [0.25, 0.3) is 10.9 Å². The van der Waals surface area contributed by atoms with E-state index in [1.165, 1.54) is 31.4 Å². The van der Waals surface area contributed by atoms with Gasteiger partial charge in [-0.2, -0.15) is 0 Å². The summed E-state index contributed by atoms with van der Waals surface area (Å²) < 4.78 is 23.9. The molecule has 1 aromatic heterocycles. The fourth-order valence-corrected chi connectivity index (χ4v) is 4.01. The van der Waals surface area contributed by atoms with Crippen LogP contribution in [0.5, 0.6) is 11.5 Å². The van der Waals surface area contributed by atoms with Crippen LogP contribution in [0.3, 0.4) is 0 Å². The highest BCUT2D eigenvalue weighted by molar-refractivity contribution is 6.16. The molecule has 0 atom stereocenters. The first-order valence-corrected chi connectivity index (χ1v) is 11.7. The molecule has 1 aliphatic rings. The minimum absolute atomic E-state index is 0.202. The summed E-state index contributed by atoms with van der Waals surface area (Å²) in [6, 6.07) is 16.8. The lowest BCUT2D eigenvalue weighted by molar-refractivity contribution is -0.131. The smallest absolute Gasteiger partial charge is 0.339 e. The van der Waals surface area contributed by atoms with E-state index >= 15 is 0 Å². The molecule has 0 bridgehead atoms. The molecule has 5 rings (SSSR count).